The van der Waals surface area contributed by atoms with Crippen molar-refractivity contribution in [3.8, 4) is 0 Å². The van der Waals surface area contributed by atoms with Gasteiger partial charge in [-0.15, -0.1) is 0 Å². The summed E-state index contributed by atoms with van der Waals surface area (Å²) in [6.07, 6.45) is 1.78. The average molecular weight is 169 g/mol. The fourth-order valence-corrected chi connectivity index (χ4v) is 1.57. The molecular weight excluding hydrogens is 158 g/mol. The van der Waals surface area contributed by atoms with Crippen LogP contribution in [0.1, 0.15) is 29.9 Å². The van der Waals surface area contributed by atoms with Gasteiger partial charge in [-0.3, -0.25) is 4.79 Å². The van der Waals surface area contributed by atoms with Crippen molar-refractivity contribution in [2.24, 2.45) is 5.92 Å². The van der Waals surface area contributed by atoms with Crippen LogP contribution in [-0.4, -0.2) is 10.7 Å². The minimum atomic E-state index is 0.566. The standard InChI is InChI=1S/C8H11NOS/c1-6(2)3-8-7(4-10)5-11-9-8/h4-6H,3H2,1-2H3. The van der Waals surface area contributed by atoms with E-state index in [1.54, 1.807) is 5.38 Å². The van der Waals surface area contributed by atoms with Gasteiger partial charge in [0.1, 0.15) is 0 Å². The van der Waals surface area contributed by atoms with Gasteiger partial charge in [0.2, 0.25) is 0 Å². The van der Waals surface area contributed by atoms with Crippen molar-refractivity contribution in [3.63, 3.8) is 0 Å². The first kappa shape index (κ1) is 8.40. The van der Waals surface area contributed by atoms with E-state index in [9.17, 15) is 4.79 Å². The Hall–Kier alpha value is -0.700. The highest BCUT2D eigenvalue weighted by Crippen LogP contribution is 2.12. The van der Waals surface area contributed by atoms with Gasteiger partial charge in [0.25, 0.3) is 0 Å². The number of aromatic nitrogens is 1. The van der Waals surface area contributed by atoms with Crippen LogP contribution >= 0.6 is 11.5 Å². The lowest BCUT2D eigenvalue weighted by molar-refractivity contribution is 0.112. The Morgan fingerprint density at radius 1 is 1.73 bits per heavy atom. The number of carbonyl (C=O) groups excluding carboxylic acids is 1. The van der Waals surface area contributed by atoms with E-state index >= 15 is 0 Å². The van der Waals surface area contributed by atoms with Crippen LogP contribution in [0.2, 0.25) is 0 Å². The molecule has 3 heteroatoms. The van der Waals surface area contributed by atoms with Gasteiger partial charge in [0.15, 0.2) is 6.29 Å². The lowest BCUT2D eigenvalue weighted by Crippen LogP contribution is -1.97. The quantitative estimate of drug-likeness (QED) is 0.649. The normalized spacial score (nSPS) is 10.5. The number of rotatable bonds is 3. The van der Waals surface area contributed by atoms with Gasteiger partial charge >= 0.3 is 0 Å². The molecule has 0 amide bonds. The van der Waals surface area contributed by atoms with E-state index < -0.39 is 0 Å². The Morgan fingerprint density at radius 2 is 2.45 bits per heavy atom. The summed E-state index contributed by atoms with van der Waals surface area (Å²) in [6.45, 7) is 4.24. The van der Waals surface area contributed by atoms with Crippen LogP contribution in [0.3, 0.4) is 0 Å². The van der Waals surface area contributed by atoms with E-state index in [1.807, 2.05) is 0 Å². The topological polar surface area (TPSA) is 30.0 Å². The Morgan fingerprint density at radius 3 is 3.00 bits per heavy atom. The van der Waals surface area contributed by atoms with Crippen molar-refractivity contribution in [1.29, 1.82) is 0 Å². The van der Waals surface area contributed by atoms with Gasteiger partial charge in [-0.25, -0.2) is 0 Å². The molecule has 1 heterocycles. The van der Waals surface area contributed by atoms with Gasteiger partial charge in [0.05, 0.1) is 5.69 Å². The Bertz CT molecular complexity index is 242. The summed E-state index contributed by atoms with van der Waals surface area (Å²) in [6, 6.07) is 0. The number of hydrogen-bond donors (Lipinski definition) is 0. The zero-order valence-electron chi connectivity index (χ0n) is 6.70. The van der Waals surface area contributed by atoms with E-state index in [4.69, 9.17) is 0 Å². The fraction of sp³-hybridized carbons (Fsp3) is 0.500. The molecule has 60 valence electrons. The zero-order chi connectivity index (χ0) is 8.27. The van der Waals surface area contributed by atoms with E-state index in [-0.39, 0.29) is 0 Å². The molecule has 1 rings (SSSR count). The summed E-state index contributed by atoms with van der Waals surface area (Å²) in [5.74, 6) is 0.566. The second kappa shape index (κ2) is 3.62. The molecule has 0 saturated heterocycles. The van der Waals surface area contributed by atoms with E-state index in [2.05, 4.69) is 18.2 Å². The van der Waals surface area contributed by atoms with E-state index in [0.29, 0.717) is 5.92 Å². The molecule has 2 nitrogen and oxygen atoms in total. The molecule has 1 aromatic rings. The minimum absolute atomic E-state index is 0.566. The largest absolute Gasteiger partial charge is 0.298 e. The molecule has 0 aliphatic rings. The average Bonchev–Trinajstić information content (AvgIpc) is 2.34. The van der Waals surface area contributed by atoms with Crippen LogP contribution in [0, 0.1) is 5.92 Å². The number of hydrogen-bond acceptors (Lipinski definition) is 3. The van der Waals surface area contributed by atoms with Crippen molar-refractivity contribution >= 4 is 17.8 Å². The summed E-state index contributed by atoms with van der Waals surface area (Å²) in [5, 5.41) is 1.80. The Labute approximate surface area is 70.4 Å². The molecule has 0 spiro atoms. The molecule has 0 aliphatic carbocycles. The second-order valence-electron chi connectivity index (χ2n) is 2.93. The minimum Gasteiger partial charge on any atom is -0.298 e. The van der Waals surface area contributed by atoms with Gasteiger partial charge in [-0.2, -0.15) is 4.37 Å². The predicted molar refractivity (Wildman–Crippen MR) is 46.0 cm³/mol. The van der Waals surface area contributed by atoms with Gasteiger partial charge < -0.3 is 0 Å². The van der Waals surface area contributed by atoms with Crippen LogP contribution in [0.5, 0.6) is 0 Å². The molecular formula is C8H11NOS. The Kier molecular flexibility index (Phi) is 2.76. The van der Waals surface area contributed by atoms with Crippen molar-refractivity contribution < 1.29 is 4.79 Å². The van der Waals surface area contributed by atoms with Gasteiger partial charge in [0, 0.05) is 10.9 Å². The third-order valence-electron chi connectivity index (χ3n) is 1.40. The SMILES string of the molecule is CC(C)Cc1nscc1C=O. The van der Waals surface area contributed by atoms with Crippen molar-refractivity contribution in [2.45, 2.75) is 20.3 Å². The first-order chi connectivity index (χ1) is 5.24. The first-order valence-electron chi connectivity index (χ1n) is 3.62. The number of aldehydes is 1. The summed E-state index contributed by atoms with van der Waals surface area (Å²) in [5.41, 5.74) is 1.70. The maximum Gasteiger partial charge on any atom is 0.152 e. The second-order valence-corrected chi connectivity index (χ2v) is 3.56. The highest BCUT2D eigenvalue weighted by Gasteiger charge is 2.05. The lowest BCUT2D eigenvalue weighted by Gasteiger charge is -2.00. The van der Waals surface area contributed by atoms with Gasteiger partial charge in [-0.1, -0.05) is 13.8 Å². The van der Waals surface area contributed by atoms with E-state index in [1.165, 1.54) is 11.5 Å². The first-order valence-corrected chi connectivity index (χ1v) is 4.46. The smallest absolute Gasteiger partial charge is 0.152 e. The third kappa shape index (κ3) is 2.12. The summed E-state index contributed by atoms with van der Waals surface area (Å²) >= 11 is 1.35. The summed E-state index contributed by atoms with van der Waals surface area (Å²) in [7, 11) is 0. The van der Waals surface area contributed by atoms with Crippen LogP contribution < -0.4 is 0 Å². The molecule has 1 aromatic heterocycles. The molecule has 0 bridgehead atoms. The molecule has 0 aliphatic heterocycles. The molecule has 0 N–H and O–H groups in total. The maximum atomic E-state index is 10.4. The molecule has 0 unspecified atom stereocenters. The summed E-state index contributed by atoms with van der Waals surface area (Å²) in [4.78, 5) is 10.4. The Balaban J connectivity index is 2.76. The monoisotopic (exact) mass is 169 g/mol. The molecule has 0 saturated carbocycles. The highest BCUT2D eigenvalue weighted by atomic mass is 32.1. The van der Waals surface area contributed by atoms with Crippen LogP contribution in [-0.2, 0) is 6.42 Å². The van der Waals surface area contributed by atoms with Crippen LogP contribution in [0.25, 0.3) is 0 Å². The van der Waals surface area contributed by atoms with Crippen molar-refractivity contribution in [2.75, 3.05) is 0 Å². The van der Waals surface area contributed by atoms with Crippen LogP contribution in [0.15, 0.2) is 5.38 Å². The third-order valence-corrected chi connectivity index (χ3v) is 2.09. The predicted octanol–water partition coefficient (Wildman–Crippen LogP) is 2.15. The molecule has 0 radical (unpaired) electrons. The molecule has 0 aromatic carbocycles. The molecule has 0 fully saturated rings. The summed E-state index contributed by atoms with van der Waals surface area (Å²) < 4.78 is 4.14. The van der Waals surface area contributed by atoms with Crippen LogP contribution in [0.4, 0.5) is 0 Å². The number of carbonyl (C=O) groups is 1. The molecule has 11 heavy (non-hydrogen) atoms. The fourth-order valence-electron chi connectivity index (χ4n) is 0.905. The maximum absolute atomic E-state index is 10.4. The number of nitrogens with zero attached hydrogens (tertiary/aromatic N) is 1. The van der Waals surface area contributed by atoms with E-state index in [0.717, 1.165) is 24.0 Å². The van der Waals surface area contributed by atoms with Crippen molar-refractivity contribution in [3.05, 3.63) is 16.6 Å². The zero-order valence-corrected chi connectivity index (χ0v) is 7.52. The molecule has 0 atom stereocenters. The van der Waals surface area contributed by atoms with Gasteiger partial charge in [-0.05, 0) is 23.9 Å². The lowest BCUT2D eigenvalue weighted by atomic mass is 10.1. The van der Waals surface area contributed by atoms with Crippen molar-refractivity contribution in [1.82, 2.24) is 4.37 Å². The highest BCUT2D eigenvalue weighted by molar-refractivity contribution is 7.03.